The number of carbonyl (C=O) groups is 1. The van der Waals surface area contributed by atoms with Crippen LogP contribution in [-0.2, 0) is 17.9 Å². The van der Waals surface area contributed by atoms with Crippen molar-refractivity contribution in [1.82, 2.24) is 19.7 Å². The number of hydrogen-bond acceptors (Lipinski definition) is 5. The summed E-state index contributed by atoms with van der Waals surface area (Å²) in [5.74, 6) is 1.78. The Labute approximate surface area is 208 Å². The standard InChI is InChI=1S/C26H25ClN4O2S/c1-30(16-20-9-6-10-23(15-20)33-2)24(32)18-34-26-29-28-25(21-11-13-22(27)14-12-21)31(26)17-19-7-4-3-5-8-19/h3-15H,16-18H2,1-2H3. The van der Waals surface area contributed by atoms with E-state index in [9.17, 15) is 4.79 Å². The molecule has 0 saturated heterocycles. The van der Waals surface area contributed by atoms with Gasteiger partial charge in [-0.15, -0.1) is 10.2 Å². The van der Waals surface area contributed by atoms with Crippen molar-refractivity contribution >= 4 is 29.3 Å². The topological polar surface area (TPSA) is 60.2 Å². The molecule has 0 N–H and O–H groups in total. The Morgan fingerprint density at radius 2 is 1.74 bits per heavy atom. The zero-order valence-electron chi connectivity index (χ0n) is 19.0. The minimum absolute atomic E-state index is 0.00937. The maximum Gasteiger partial charge on any atom is 0.233 e. The molecule has 4 aromatic rings. The second-order valence-corrected chi connectivity index (χ2v) is 9.15. The van der Waals surface area contributed by atoms with Crippen LogP contribution in [0.2, 0.25) is 5.02 Å². The zero-order valence-corrected chi connectivity index (χ0v) is 20.6. The van der Waals surface area contributed by atoms with Gasteiger partial charge in [-0.1, -0.05) is 65.8 Å². The number of aromatic nitrogens is 3. The smallest absolute Gasteiger partial charge is 0.233 e. The van der Waals surface area contributed by atoms with Crippen LogP contribution in [0.15, 0.2) is 84.0 Å². The van der Waals surface area contributed by atoms with E-state index in [0.717, 1.165) is 28.3 Å². The quantitative estimate of drug-likeness (QED) is 0.292. The highest BCUT2D eigenvalue weighted by atomic mass is 35.5. The first-order valence-electron chi connectivity index (χ1n) is 10.8. The normalized spacial score (nSPS) is 10.8. The molecule has 174 valence electrons. The molecule has 0 bridgehead atoms. The van der Waals surface area contributed by atoms with E-state index < -0.39 is 0 Å². The summed E-state index contributed by atoms with van der Waals surface area (Å²) >= 11 is 7.45. The minimum Gasteiger partial charge on any atom is -0.497 e. The summed E-state index contributed by atoms with van der Waals surface area (Å²) in [6, 6.07) is 25.4. The summed E-state index contributed by atoms with van der Waals surface area (Å²) in [4.78, 5) is 14.6. The van der Waals surface area contributed by atoms with Crippen LogP contribution in [0.25, 0.3) is 11.4 Å². The number of halogens is 1. The van der Waals surface area contributed by atoms with Crippen LogP contribution >= 0.6 is 23.4 Å². The average Bonchev–Trinajstić information content (AvgIpc) is 3.25. The highest BCUT2D eigenvalue weighted by Gasteiger charge is 2.18. The fourth-order valence-corrected chi connectivity index (χ4v) is 4.49. The van der Waals surface area contributed by atoms with Crippen LogP contribution in [0.1, 0.15) is 11.1 Å². The number of carbonyl (C=O) groups excluding carboxylic acids is 1. The van der Waals surface area contributed by atoms with Crippen LogP contribution in [0.4, 0.5) is 0 Å². The van der Waals surface area contributed by atoms with E-state index in [2.05, 4.69) is 22.3 Å². The Bertz CT molecular complexity index is 1250. The molecule has 1 heterocycles. The summed E-state index contributed by atoms with van der Waals surface area (Å²) in [7, 11) is 3.44. The summed E-state index contributed by atoms with van der Waals surface area (Å²) < 4.78 is 7.32. The molecule has 0 fully saturated rings. The van der Waals surface area contributed by atoms with Crippen molar-refractivity contribution in [2.75, 3.05) is 19.9 Å². The molecule has 3 aromatic carbocycles. The molecule has 0 aliphatic carbocycles. The van der Waals surface area contributed by atoms with E-state index in [1.807, 2.05) is 71.3 Å². The Kier molecular flexibility index (Phi) is 7.87. The molecule has 0 radical (unpaired) electrons. The van der Waals surface area contributed by atoms with E-state index in [1.165, 1.54) is 11.8 Å². The van der Waals surface area contributed by atoms with Crippen molar-refractivity contribution in [3.8, 4) is 17.1 Å². The predicted octanol–water partition coefficient (Wildman–Crippen LogP) is 5.41. The third-order valence-corrected chi connectivity index (χ3v) is 6.51. The molecule has 6 nitrogen and oxygen atoms in total. The Balaban J connectivity index is 1.50. The second kappa shape index (κ2) is 11.2. The first-order valence-corrected chi connectivity index (χ1v) is 12.1. The number of rotatable bonds is 9. The number of thioether (sulfide) groups is 1. The number of methoxy groups -OCH3 is 1. The average molecular weight is 493 g/mol. The molecular weight excluding hydrogens is 468 g/mol. The van der Waals surface area contributed by atoms with Gasteiger partial charge in [0, 0.05) is 24.2 Å². The lowest BCUT2D eigenvalue weighted by atomic mass is 10.2. The number of nitrogens with zero attached hydrogens (tertiary/aromatic N) is 4. The zero-order chi connectivity index (χ0) is 23.9. The third-order valence-electron chi connectivity index (χ3n) is 5.31. The third kappa shape index (κ3) is 5.98. The van der Waals surface area contributed by atoms with E-state index >= 15 is 0 Å². The second-order valence-electron chi connectivity index (χ2n) is 7.77. The van der Waals surface area contributed by atoms with Gasteiger partial charge in [0.25, 0.3) is 0 Å². The van der Waals surface area contributed by atoms with Gasteiger partial charge >= 0.3 is 0 Å². The van der Waals surface area contributed by atoms with Gasteiger partial charge in [-0.3, -0.25) is 9.36 Å². The lowest BCUT2D eigenvalue weighted by Gasteiger charge is -2.17. The van der Waals surface area contributed by atoms with Crippen LogP contribution < -0.4 is 4.74 Å². The van der Waals surface area contributed by atoms with Crippen molar-refractivity contribution in [1.29, 1.82) is 0 Å². The van der Waals surface area contributed by atoms with Crippen molar-refractivity contribution in [2.45, 2.75) is 18.2 Å². The summed E-state index contributed by atoms with van der Waals surface area (Å²) in [6.07, 6.45) is 0. The number of ether oxygens (including phenoxy) is 1. The number of amides is 1. The maximum absolute atomic E-state index is 12.9. The van der Waals surface area contributed by atoms with E-state index in [0.29, 0.717) is 23.3 Å². The van der Waals surface area contributed by atoms with Crippen LogP contribution in [-0.4, -0.2) is 45.5 Å². The first-order chi connectivity index (χ1) is 16.5. The van der Waals surface area contributed by atoms with Gasteiger partial charge in [-0.2, -0.15) is 0 Å². The molecule has 34 heavy (non-hydrogen) atoms. The fourth-order valence-electron chi connectivity index (χ4n) is 3.49. The van der Waals surface area contributed by atoms with E-state index in [1.54, 1.807) is 19.1 Å². The van der Waals surface area contributed by atoms with E-state index in [-0.39, 0.29) is 11.7 Å². The van der Waals surface area contributed by atoms with Gasteiger partial charge in [0.05, 0.1) is 19.4 Å². The Morgan fingerprint density at radius 1 is 1.00 bits per heavy atom. The number of benzene rings is 3. The fraction of sp³-hybridized carbons (Fsp3) is 0.192. The molecule has 1 amide bonds. The van der Waals surface area contributed by atoms with Gasteiger partial charge in [-0.25, -0.2) is 0 Å². The van der Waals surface area contributed by atoms with Gasteiger partial charge in [0.2, 0.25) is 5.91 Å². The van der Waals surface area contributed by atoms with Gasteiger partial charge in [0.15, 0.2) is 11.0 Å². The van der Waals surface area contributed by atoms with Gasteiger partial charge in [-0.05, 0) is 47.5 Å². The molecular formula is C26H25ClN4O2S. The van der Waals surface area contributed by atoms with Crippen molar-refractivity contribution in [3.05, 3.63) is 95.0 Å². The predicted molar refractivity (Wildman–Crippen MR) is 136 cm³/mol. The van der Waals surface area contributed by atoms with Gasteiger partial charge < -0.3 is 9.64 Å². The summed E-state index contributed by atoms with van der Waals surface area (Å²) in [5.41, 5.74) is 3.06. The first kappa shape index (κ1) is 23.9. The summed E-state index contributed by atoms with van der Waals surface area (Å²) in [5, 5.41) is 10.2. The van der Waals surface area contributed by atoms with Crippen molar-refractivity contribution in [3.63, 3.8) is 0 Å². The highest BCUT2D eigenvalue weighted by Crippen LogP contribution is 2.26. The minimum atomic E-state index is 0.00937. The highest BCUT2D eigenvalue weighted by molar-refractivity contribution is 7.99. The maximum atomic E-state index is 12.9. The lowest BCUT2D eigenvalue weighted by Crippen LogP contribution is -2.28. The molecule has 0 aliphatic rings. The Hall–Kier alpha value is -3.29. The molecule has 0 aliphatic heterocycles. The van der Waals surface area contributed by atoms with Crippen LogP contribution in [0.3, 0.4) is 0 Å². The van der Waals surface area contributed by atoms with Crippen molar-refractivity contribution < 1.29 is 9.53 Å². The van der Waals surface area contributed by atoms with Crippen LogP contribution in [0.5, 0.6) is 5.75 Å². The van der Waals surface area contributed by atoms with Crippen molar-refractivity contribution in [2.24, 2.45) is 0 Å². The SMILES string of the molecule is COc1cccc(CN(C)C(=O)CSc2nnc(-c3ccc(Cl)cc3)n2Cc2ccccc2)c1. The molecule has 0 spiro atoms. The lowest BCUT2D eigenvalue weighted by molar-refractivity contribution is -0.127. The molecule has 1 aromatic heterocycles. The monoisotopic (exact) mass is 492 g/mol. The van der Waals surface area contributed by atoms with E-state index in [4.69, 9.17) is 16.3 Å². The van der Waals surface area contributed by atoms with Crippen LogP contribution in [0, 0.1) is 0 Å². The molecule has 0 unspecified atom stereocenters. The summed E-state index contributed by atoms with van der Waals surface area (Å²) in [6.45, 7) is 1.10. The largest absolute Gasteiger partial charge is 0.497 e. The molecule has 4 rings (SSSR count). The molecule has 0 atom stereocenters. The van der Waals surface area contributed by atoms with Gasteiger partial charge in [0.1, 0.15) is 5.75 Å². The molecule has 0 saturated carbocycles. The Morgan fingerprint density at radius 3 is 2.47 bits per heavy atom. The number of hydrogen-bond donors (Lipinski definition) is 0. The molecule has 8 heteroatoms.